The standard InChI is InChI=1S/C22H18N2O2/c25-22(26)17-9-6-4-2-1-3-5-7-15-23-20-12-13-21-19(14-16-24-21)18(20)11-8-10-17/h1-16,24H,(H,25,26). The summed E-state index contributed by atoms with van der Waals surface area (Å²) in [5, 5.41) is 10.4. The average molecular weight is 342 g/mol. The summed E-state index contributed by atoms with van der Waals surface area (Å²) in [5.41, 5.74) is 2.95. The number of carbonyl (C=O) groups is 1. The maximum Gasteiger partial charge on any atom is 0.335 e. The number of carboxylic acids is 1. The summed E-state index contributed by atoms with van der Waals surface area (Å²) in [6.45, 7) is 0. The Kier molecular flexibility index (Phi) is 5.58. The van der Waals surface area contributed by atoms with E-state index in [1.807, 2.05) is 60.9 Å². The molecule has 1 aliphatic rings. The highest BCUT2D eigenvalue weighted by Crippen LogP contribution is 2.29. The molecule has 0 radical (unpaired) electrons. The van der Waals surface area contributed by atoms with Crippen LogP contribution in [0, 0.1) is 0 Å². The minimum Gasteiger partial charge on any atom is -0.478 e. The van der Waals surface area contributed by atoms with Crippen LogP contribution in [0.3, 0.4) is 0 Å². The number of hydrogen-bond acceptors (Lipinski definition) is 2. The highest BCUT2D eigenvalue weighted by molar-refractivity contribution is 5.95. The van der Waals surface area contributed by atoms with Gasteiger partial charge >= 0.3 is 5.97 Å². The topological polar surface area (TPSA) is 65.4 Å². The molecule has 1 aromatic carbocycles. The predicted octanol–water partition coefficient (Wildman–Crippen LogP) is 5.13. The Labute approximate surface area is 151 Å². The van der Waals surface area contributed by atoms with Gasteiger partial charge in [0.1, 0.15) is 0 Å². The first kappa shape index (κ1) is 17.2. The van der Waals surface area contributed by atoms with Crippen LogP contribution in [0.25, 0.3) is 17.0 Å². The summed E-state index contributed by atoms with van der Waals surface area (Å²) >= 11 is 0. The Hall–Kier alpha value is -3.66. The van der Waals surface area contributed by atoms with Crippen LogP contribution in [-0.4, -0.2) is 22.3 Å². The molecule has 128 valence electrons. The van der Waals surface area contributed by atoms with E-state index >= 15 is 0 Å². The van der Waals surface area contributed by atoms with E-state index in [4.69, 9.17) is 0 Å². The van der Waals surface area contributed by atoms with Gasteiger partial charge in [0.05, 0.1) is 11.3 Å². The molecule has 1 aliphatic heterocycles. The average Bonchev–Trinajstić information content (AvgIpc) is 3.10. The van der Waals surface area contributed by atoms with Crippen LogP contribution in [0.5, 0.6) is 0 Å². The van der Waals surface area contributed by atoms with Crippen molar-refractivity contribution in [2.75, 3.05) is 0 Å². The summed E-state index contributed by atoms with van der Waals surface area (Å²) in [7, 11) is 0. The SMILES string of the molecule is O=C(O)C1=CC=Cc2c(ccc3[nH]ccc23)N=CC=CC=CC=CC=C1. The van der Waals surface area contributed by atoms with Crippen molar-refractivity contribution < 1.29 is 9.90 Å². The molecule has 0 unspecified atom stereocenters. The Bertz CT molecular complexity index is 1010. The van der Waals surface area contributed by atoms with E-state index in [1.165, 1.54) is 0 Å². The van der Waals surface area contributed by atoms with Crippen LogP contribution >= 0.6 is 0 Å². The predicted molar refractivity (Wildman–Crippen MR) is 108 cm³/mol. The Morgan fingerprint density at radius 2 is 1.65 bits per heavy atom. The summed E-state index contributed by atoms with van der Waals surface area (Å²) in [6.07, 6.45) is 23.2. The van der Waals surface area contributed by atoms with E-state index in [9.17, 15) is 9.90 Å². The summed E-state index contributed by atoms with van der Waals surface area (Å²) in [6, 6.07) is 5.90. The molecular weight excluding hydrogens is 324 g/mol. The number of benzene rings is 1. The zero-order chi connectivity index (χ0) is 18.2. The molecule has 26 heavy (non-hydrogen) atoms. The molecule has 1 aromatic heterocycles. The van der Waals surface area contributed by atoms with Gasteiger partial charge < -0.3 is 10.1 Å². The number of allylic oxidation sites excluding steroid dienone is 9. The first-order valence-electron chi connectivity index (χ1n) is 8.18. The first-order chi connectivity index (χ1) is 12.8. The van der Waals surface area contributed by atoms with Gasteiger partial charge in [-0.15, -0.1) is 0 Å². The number of fused-ring (bicyclic) bond motifs is 3. The van der Waals surface area contributed by atoms with Crippen molar-refractivity contribution in [3.63, 3.8) is 0 Å². The molecule has 0 saturated heterocycles. The van der Waals surface area contributed by atoms with Crippen molar-refractivity contribution in [2.45, 2.75) is 0 Å². The van der Waals surface area contributed by atoms with E-state index in [0.29, 0.717) is 0 Å². The molecule has 0 aliphatic carbocycles. The molecule has 3 rings (SSSR count). The lowest BCUT2D eigenvalue weighted by molar-refractivity contribution is -0.132. The molecule has 0 fully saturated rings. The maximum absolute atomic E-state index is 11.4. The molecular formula is C22H18N2O2. The van der Waals surface area contributed by atoms with Gasteiger partial charge in [0, 0.05) is 28.9 Å². The number of H-pyrrole nitrogens is 1. The minimum atomic E-state index is -0.975. The number of carboxylic acid groups (broad SMARTS) is 1. The smallest absolute Gasteiger partial charge is 0.335 e. The summed E-state index contributed by atoms with van der Waals surface area (Å²) in [5.74, 6) is -0.975. The van der Waals surface area contributed by atoms with Crippen LogP contribution in [0.2, 0.25) is 0 Å². The molecule has 0 amide bonds. The van der Waals surface area contributed by atoms with Crippen molar-refractivity contribution in [1.82, 2.24) is 4.98 Å². The van der Waals surface area contributed by atoms with E-state index in [1.54, 1.807) is 36.6 Å². The Balaban J connectivity index is 2.11. The van der Waals surface area contributed by atoms with Gasteiger partial charge in [0.15, 0.2) is 0 Å². The molecule has 0 saturated carbocycles. The molecule has 2 aromatic rings. The third-order valence-corrected chi connectivity index (χ3v) is 3.78. The fourth-order valence-corrected chi connectivity index (χ4v) is 2.53. The van der Waals surface area contributed by atoms with Gasteiger partial charge in [-0.05, 0) is 36.4 Å². The Morgan fingerprint density at radius 3 is 2.46 bits per heavy atom. The number of rotatable bonds is 1. The second-order valence-corrected chi connectivity index (χ2v) is 5.52. The van der Waals surface area contributed by atoms with Crippen molar-refractivity contribution in [3.8, 4) is 0 Å². The summed E-state index contributed by atoms with van der Waals surface area (Å²) in [4.78, 5) is 19.1. The number of aliphatic carboxylic acids is 1. The lowest BCUT2D eigenvalue weighted by Gasteiger charge is -2.02. The maximum atomic E-state index is 11.4. The van der Waals surface area contributed by atoms with Crippen LogP contribution in [0.15, 0.2) is 95.7 Å². The second-order valence-electron chi connectivity index (χ2n) is 5.52. The highest BCUT2D eigenvalue weighted by Gasteiger charge is 2.05. The van der Waals surface area contributed by atoms with Crippen LogP contribution < -0.4 is 0 Å². The van der Waals surface area contributed by atoms with Crippen LogP contribution in [0.1, 0.15) is 5.56 Å². The third-order valence-electron chi connectivity index (χ3n) is 3.78. The molecule has 4 nitrogen and oxygen atoms in total. The molecule has 0 bridgehead atoms. The largest absolute Gasteiger partial charge is 0.478 e. The second kappa shape index (κ2) is 8.44. The van der Waals surface area contributed by atoms with Gasteiger partial charge in [0.2, 0.25) is 0 Å². The number of hydrogen-bond donors (Lipinski definition) is 2. The zero-order valence-corrected chi connectivity index (χ0v) is 14.0. The van der Waals surface area contributed by atoms with Crippen molar-refractivity contribution in [1.29, 1.82) is 0 Å². The minimum absolute atomic E-state index is 0.202. The van der Waals surface area contributed by atoms with Crippen LogP contribution in [0.4, 0.5) is 5.69 Å². The van der Waals surface area contributed by atoms with Crippen molar-refractivity contribution in [3.05, 3.63) is 96.3 Å². The fourth-order valence-electron chi connectivity index (χ4n) is 2.53. The quantitative estimate of drug-likeness (QED) is 0.754. The number of aliphatic imine (C=N–C) groups is 1. The van der Waals surface area contributed by atoms with Gasteiger partial charge in [-0.3, -0.25) is 4.99 Å². The van der Waals surface area contributed by atoms with E-state index in [-0.39, 0.29) is 5.57 Å². The third kappa shape index (κ3) is 4.24. The lowest BCUT2D eigenvalue weighted by atomic mass is 10.1. The molecule has 0 spiro atoms. The number of nitrogens with zero attached hydrogens (tertiary/aromatic N) is 1. The van der Waals surface area contributed by atoms with E-state index in [0.717, 1.165) is 22.2 Å². The fraction of sp³-hybridized carbons (Fsp3) is 0. The normalized spacial score (nSPS) is 14.5. The van der Waals surface area contributed by atoms with E-state index in [2.05, 4.69) is 9.98 Å². The number of aromatic amines is 1. The van der Waals surface area contributed by atoms with Gasteiger partial charge in [-0.25, -0.2) is 4.79 Å². The number of nitrogens with one attached hydrogen (secondary N) is 1. The van der Waals surface area contributed by atoms with E-state index < -0.39 is 5.97 Å². The van der Waals surface area contributed by atoms with Crippen LogP contribution in [-0.2, 0) is 4.79 Å². The van der Waals surface area contributed by atoms with Gasteiger partial charge in [-0.2, -0.15) is 0 Å². The van der Waals surface area contributed by atoms with Gasteiger partial charge in [0.25, 0.3) is 0 Å². The lowest BCUT2D eigenvalue weighted by Crippen LogP contribution is -1.96. The molecule has 2 heterocycles. The monoisotopic (exact) mass is 342 g/mol. The first-order valence-corrected chi connectivity index (χ1v) is 8.18. The number of aromatic nitrogens is 1. The molecule has 2 N–H and O–H groups in total. The van der Waals surface area contributed by atoms with Gasteiger partial charge in [-0.1, -0.05) is 48.6 Å². The Morgan fingerprint density at radius 1 is 0.885 bits per heavy atom. The van der Waals surface area contributed by atoms with Crippen molar-refractivity contribution >= 4 is 34.9 Å². The summed E-state index contributed by atoms with van der Waals surface area (Å²) < 4.78 is 0. The molecule has 0 atom stereocenters. The molecule has 4 heteroatoms. The zero-order valence-electron chi connectivity index (χ0n) is 14.0. The van der Waals surface area contributed by atoms with Crippen molar-refractivity contribution in [2.24, 2.45) is 4.99 Å². The highest BCUT2D eigenvalue weighted by atomic mass is 16.4.